The molecule has 10 heteroatoms. The Bertz CT molecular complexity index is 1000. The highest BCUT2D eigenvalue weighted by Crippen LogP contribution is 2.26. The number of methoxy groups -OCH3 is 1. The van der Waals surface area contributed by atoms with Gasteiger partial charge in [0.25, 0.3) is 0 Å². The molecule has 7 nitrogen and oxygen atoms in total. The van der Waals surface area contributed by atoms with Crippen molar-refractivity contribution in [3.05, 3.63) is 66.2 Å². The third-order valence-corrected chi connectivity index (χ3v) is 4.25. The number of hydrogen-bond acceptors (Lipinski definition) is 5. The highest BCUT2D eigenvalue weighted by Gasteiger charge is 2.12. The second-order valence-corrected chi connectivity index (χ2v) is 6.39. The van der Waals surface area contributed by atoms with Crippen LogP contribution in [0.25, 0.3) is 11.3 Å². The largest absolute Gasteiger partial charge is 0.497 e. The fourth-order valence-corrected chi connectivity index (χ4v) is 2.81. The lowest BCUT2D eigenvalue weighted by Gasteiger charge is -2.13. The smallest absolute Gasteiger partial charge is 0.387 e. The van der Waals surface area contributed by atoms with Crippen LogP contribution in [0.4, 0.5) is 8.78 Å². The van der Waals surface area contributed by atoms with E-state index in [1.807, 2.05) is 37.3 Å². The molecule has 0 aliphatic rings. The molecule has 0 bridgehead atoms. The lowest BCUT2D eigenvalue weighted by molar-refractivity contribution is -0.0504. The molecule has 1 heterocycles. The van der Waals surface area contributed by atoms with Crippen LogP contribution in [0.15, 0.2) is 64.1 Å². The van der Waals surface area contributed by atoms with Gasteiger partial charge in [0.1, 0.15) is 11.5 Å². The van der Waals surface area contributed by atoms with Crippen LogP contribution < -0.4 is 20.1 Å². The first kappa shape index (κ1) is 25.4. The van der Waals surface area contributed by atoms with Gasteiger partial charge in [0.05, 0.1) is 26.4 Å². The van der Waals surface area contributed by atoms with Gasteiger partial charge in [-0.05, 0) is 25.1 Å². The van der Waals surface area contributed by atoms with Crippen LogP contribution >= 0.6 is 24.0 Å². The van der Waals surface area contributed by atoms with Crippen LogP contribution in [0.5, 0.6) is 11.5 Å². The number of benzene rings is 2. The molecule has 3 rings (SSSR count). The lowest BCUT2D eigenvalue weighted by atomic mass is 10.2. The van der Waals surface area contributed by atoms with Crippen LogP contribution in [0.3, 0.4) is 0 Å². The van der Waals surface area contributed by atoms with E-state index in [9.17, 15) is 8.78 Å². The van der Waals surface area contributed by atoms with Gasteiger partial charge in [-0.3, -0.25) is 0 Å². The molecule has 0 radical (unpaired) electrons. The highest BCUT2D eigenvalue weighted by atomic mass is 127. The Balaban J connectivity index is 0.00000363. The number of hydrogen-bond donors (Lipinski definition) is 2. The normalized spacial score (nSPS) is 11.1. The molecule has 0 atom stereocenters. The maximum Gasteiger partial charge on any atom is 0.387 e. The van der Waals surface area contributed by atoms with Crippen LogP contribution in [0, 0.1) is 0 Å². The third kappa shape index (κ3) is 7.36. The van der Waals surface area contributed by atoms with Crippen LogP contribution in [0.1, 0.15) is 18.4 Å². The number of ether oxygens (including phenoxy) is 2. The molecule has 2 aromatic carbocycles. The summed E-state index contributed by atoms with van der Waals surface area (Å²) in [5.41, 5.74) is 1.41. The van der Waals surface area contributed by atoms with Gasteiger partial charge in [-0.1, -0.05) is 30.3 Å². The molecular weight excluding hydrogens is 533 g/mol. The van der Waals surface area contributed by atoms with Crippen LogP contribution in [-0.2, 0) is 13.1 Å². The molecule has 172 valence electrons. The molecular formula is C22H25F2IN4O3. The van der Waals surface area contributed by atoms with Gasteiger partial charge in [0, 0.05) is 17.7 Å². The summed E-state index contributed by atoms with van der Waals surface area (Å²) < 4.78 is 40.9. The van der Waals surface area contributed by atoms with Gasteiger partial charge in [0.15, 0.2) is 11.7 Å². The molecule has 0 amide bonds. The number of aliphatic imine (C=N–C) groups is 1. The Kier molecular flexibility index (Phi) is 10.2. The zero-order chi connectivity index (χ0) is 22.1. The van der Waals surface area contributed by atoms with Gasteiger partial charge >= 0.3 is 6.61 Å². The van der Waals surface area contributed by atoms with Gasteiger partial charge < -0.3 is 24.5 Å². The predicted octanol–water partition coefficient (Wildman–Crippen LogP) is 4.82. The van der Waals surface area contributed by atoms with Crippen molar-refractivity contribution in [3.63, 3.8) is 0 Å². The Hall–Kier alpha value is -2.89. The van der Waals surface area contributed by atoms with Crippen molar-refractivity contribution in [2.75, 3.05) is 13.7 Å². The number of aromatic nitrogens is 1. The fraction of sp³-hybridized carbons (Fsp3) is 0.273. The van der Waals surface area contributed by atoms with Crippen LogP contribution in [-0.4, -0.2) is 31.2 Å². The first-order chi connectivity index (χ1) is 15.1. The minimum absolute atomic E-state index is 0. The van der Waals surface area contributed by atoms with E-state index in [2.05, 4.69) is 25.3 Å². The van der Waals surface area contributed by atoms with E-state index in [1.165, 1.54) is 13.2 Å². The number of nitrogens with one attached hydrogen (secondary N) is 2. The van der Waals surface area contributed by atoms with Crippen LogP contribution in [0.2, 0.25) is 0 Å². The molecule has 2 N–H and O–H groups in total. The Morgan fingerprint density at radius 2 is 1.94 bits per heavy atom. The van der Waals surface area contributed by atoms with Crippen molar-refractivity contribution in [2.24, 2.45) is 4.99 Å². The summed E-state index contributed by atoms with van der Waals surface area (Å²) in [5, 5.41) is 6.22. The van der Waals surface area contributed by atoms with Gasteiger partial charge in [-0.2, -0.15) is 8.78 Å². The average molecular weight is 558 g/mol. The Morgan fingerprint density at radius 3 is 2.62 bits per heavy atom. The van der Waals surface area contributed by atoms with E-state index in [1.54, 1.807) is 18.3 Å². The maximum absolute atomic E-state index is 12.7. The minimum Gasteiger partial charge on any atom is -0.497 e. The molecule has 0 aliphatic heterocycles. The van der Waals surface area contributed by atoms with E-state index < -0.39 is 6.61 Å². The van der Waals surface area contributed by atoms with Crippen molar-refractivity contribution in [3.8, 4) is 22.8 Å². The van der Waals surface area contributed by atoms with Gasteiger partial charge in [-0.25, -0.2) is 9.98 Å². The second-order valence-electron chi connectivity index (χ2n) is 6.39. The van der Waals surface area contributed by atoms with Crippen molar-refractivity contribution >= 4 is 29.9 Å². The number of rotatable bonds is 9. The van der Waals surface area contributed by atoms with E-state index in [4.69, 9.17) is 9.15 Å². The molecule has 3 aromatic rings. The lowest BCUT2D eigenvalue weighted by Crippen LogP contribution is -2.36. The number of guanidine groups is 1. The Labute approximate surface area is 202 Å². The predicted molar refractivity (Wildman–Crippen MR) is 129 cm³/mol. The SMILES string of the molecule is CCNC(=NCc1cc(OC)ccc1OC(F)F)NCc1ncc(-c2ccccc2)o1.I. The first-order valence-corrected chi connectivity index (χ1v) is 9.73. The topological polar surface area (TPSA) is 80.9 Å². The summed E-state index contributed by atoms with van der Waals surface area (Å²) in [6, 6.07) is 14.3. The number of halogens is 3. The summed E-state index contributed by atoms with van der Waals surface area (Å²) in [6.07, 6.45) is 1.67. The van der Waals surface area contributed by atoms with Gasteiger partial charge in [-0.15, -0.1) is 24.0 Å². The molecule has 0 saturated heterocycles. The van der Waals surface area contributed by atoms with Crippen molar-refractivity contribution < 1.29 is 22.7 Å². The zero-order valence-electron chi connectivity index (χ0n) is 17.7. The van der Waals surface area contributed by atoms with E-state index in [0.717, 1.165) is 5.56 Å². The zero-order valence-corrected chi connectivity index (χ0v) is 20.0. The second kappa shape index (κ2) is 12.8. The Morgan fingerprint density at radius 1 is 1.16 bits per heavy atom. The molecule has 0 spiro atoms. The molecule has 1 aromatic heterocycles. The van der Waals surface area contributed by atoms with Crippen molar-refractivity contribution in [2.45, 2.75) is 26.6 Å². The third-order valence-electron chi connectivity index (χ3n) is 4.25. The summed E-state index contributed by atoms with van der Waals surface area (Å²) in [5.74, 6) is 2.22. The van der Waals surface area contributed by atoms with E-state index in [-0.39, 0.29) is 36.3 Å². The van der Waals surface area contributed by atoms with Crippen molar-refractivity contribution in [1.82, 2.24) is 15.6 Å². The number of nitrogens with zero attached hydrogens (tertiary/aromatic N) is 2. The quantitative estimate of drug-likeness (QED) is 0.223. The molecule has 0 fully saturated rings. The minimum atomic E-state index is -2.92. The summed E-state index contributed by atoms with van der Waals surface area (Å²) in [7, 11) is 1.50. The monoisotopic (exact) mass is 558 g/mol. The fourth-order valence-electron chi connectivity index (χ4n) is 2.81. The summed E-state index contributed by atoms with van der Waals surface area (Å²) in [4.78, 5) is 8.73. The number of alkyl halides is 2. The standard InChI is InChI=1S/C22H24F2N4O3.HI/c1-3-25-22(27-12-16-11-17(29-2)9-10-18(16)31-21(23)24)28-14-20-26-13-19(30-20)15-7-5-4-6-8-15;/h4-11,13,21H,3,12,14H2,1-2H3,(H2,25,27,28);1H. The van der Waals surface area contributed by atoms with E-state index >= 15 is 0 Å². The number of oxazole rings is 1. The molecule has 0 unspecified atom stereocenters. The molecule has 0 aliphatic carbocycles. The van der Waals surface area contributed by atoms with Crippen molar-refractivity contribution in [1.29, 1.82) is 0 Å². The van der Waals surface area contributed by atoms with E-state index in [0.29, 0.717) is 42.0 Å². The van der Waals surface area contributed by atoms with Gasteiger partial charge in [0.2, 0.25) is 5.89 Å². The summed E-state index contributed by atoms with van der Waals surface area (Å²) in [6.45, 7) is 0.0242. The average Bonchev–Trinajstić information content (AvgIpc) is 3.26. The molecule has 0 saturated carbocycles. The highest BCUT2D eigenvalue weighted by molar-refractivity contribution is 14.0. The summed E-state index contributed by atoms with van der Waals surface area (Å²) >= 11 is 0. The maximum atomic E-state index is 12.7. The first-order valence-electron chi connectivity index (χ1n) is 9.73. The molecule has 32 heavy (non-hydrogen) atoms.